The summed E-state index contributed by atoms with van der Waals surface area (Å²) in [5.74, 6) is 0.431. The summed E-state index contributed by atoms with van der Waals surface area (Å²) in [6.45, 7) is 2.69. The Morgan fingerprint density at radius 3 is 2.95 bits per heavy atom. The van der Waals surface area contributed by atoms with Crippen LogP contribution >= 0.6 is 11.6 Å². The lowest BCUT2D eigenvalue weighted by atomic mass is 10.2. The number of nitrogens with zero attached hydrogens (tertiary/aromatic N) is 5. The summed E-state index contributed by atoms with van der Waals surface area (Å²) in [5, 5.41) is 4.99. The third-order valence-corrected chi connectivity index (χ3v) is 3.44. The monoisotopic (exact) mass is 290 g/mol. The minimum atomic E-state index is 0.431. The number of pyridine rings is 1. The molecule has 3 aromatic heterocycles. The summed E-state index contributed by atoms with van der Waals surface area (Å²) in [6.07, 6.45) is 4.48. The molecule has 0 atom stereocenters. The number of nitrogens with two attached hydrogens (primary N) is 1. The molecule has 0 spiro atoms. The molecule has 3 aromatic rings. The van der Waals surface area contributed by atoms with Gasteiger partial charge in [0.2, 0.25) is 5.95 Å². The molecule has 0 aliphatic carbocycles. The van der Waals surface area contributed by atoms with Crippen LogP contribution in [0.4, 0.5) is 5.95 Å². The lowest BCUT2D eigenvalue weighted by Crippen LogP contribution is -2.06. The average Bonchev–Trinajstić information content (AvgIpc) is 2.90. The number of nitrogen functional groups attached to an aromatic ring is 1. The number of hydrogen-bond acceptors (Lipinski definition) is 4. The molecule has 104 valence electrons. The molecule has 6 nitrogen and oxygen atoms in total. The van der Waals surface area contributed by atoms with E-state index < -0.39 is 0 Å². The van der Waals surface area contributed by atoms with Gasteiger partial charge in [0.05, 0.1) is 17.3 Å². The molecular weight excluding hydrogens is 276 g/mol. The number of fused-ring (bicyclic) bond motifs is 1. The van der Waals surface area contributed by atoms with Crippen molar-refractivity contribution in [3.63, 3.8) is 0 Å². The first-order chi connectivity index (χ1) is 9.58. The molecule has 3 heterocycles. The number of imidazole rings is 1. The SMILES string of the molecule is CCc1nn(C)cc1Cn1c(N)nc2cc(Cl)cnc21. The van der Waals surface area contributed by atoms with Crippen molar-refractivity contribution in [1.29, 1.82) is 0 Å². The van der Waals surface area contributed by atoms with Gasteiger partial charge in [-0.1, -0.05) is 18.5 Å². The molecule has 0 bridgehead atoms. The summed E-state index contributed by atoms with van der Waals surface area (Å²) in [5.41, 5.74) is 9.61. The highest BCUT2D eigenvalue weighted by atomic mass is 35.5. The smallest absolute Gasteiger partial charge is 0.202 e. The Morgan fingerprint density at radius 1 is 1.40 bits per heavy atom. The Hall–Kier alpha value is -2.08. The van der Waals surface area contributed by atoms with Gasteiger partial charge >= 0.3 is 0 Å². The van der Waals surface area contributed by atoms with Crippen molar-refractivity contribution >= 4 is 28.7 Å². The first-order valence-electron chi connectivity index (χ1n) is 6.37. The van der Waals surface area contributed by atoms with Crippen LogP contribution in [0.15, 0.2) is 18.5 Å². The lowest BCUT2D eigenvalue weighted by Gasteiger charge is -2.05. The fourth-order valence-corrected chi connectivity index (χ4v) is 2.50. The van der Waals surface area contributed by atoms with Crippen LogP contribution < -0.4 is 5.73 Å². The number of anilines is 1. The third-order valence-electron chi connectivity index (χ3n) is 3.24. The first-order valence-corrected chi connectivity index (χ1v) is 6.75. The van der Waals surface area contributed by atoms with Crippen molar-refractivity contribution in [2.45, 2.75) is 19.9 Å². The van der Waals surface area contributed by atoms with Crippen LogP contribution in [0, 0.1) is 0 Å². The fraction of sp³-hybridized carbons (Fsp3) is 0.308. The fourth-order valence-electron chi connectivity index (χ4n) is 2.34. The minimum absolute atomic E-state index is 0.431. The van der Waals surface area contributed by atoms with Gasteiger partial charge in [0.15, 0.2) is 5.65 Å². The molecule has 0 fully saturated rings. The molecule has 0 aliphatic rings. The van der Waals surface area contributed by atoms with Gasteiger partial charge in [-0.25, -0.2) is 9.97 Å². The van der Waals surface area contributed by atoms with Gasteiger partial charge in [-0.15, -0.1) is 0 Å². The molecule has 0 radical (unpaired) electrons. The Labute approximate surface area is 121 Å². The van der Waals surface area contributed by atoms with Gasteiger partial charge in [0.25, 0.3) is 0 Å². The van der Waals surface area contributed by atoms with Crippen LogP contribution in [0.1, 0.15) is 18.2 Å². The van der Waals surface area contributed by atoms with E-state index in [-0.39, 0.29) is 0 Å². The Bertz CT molecular complexity index is 773. The standard InChI is InChI=1S/C13H15ClN6/c1-3-10-8(6-19(2)18-10)7-20-12-11(17-13(20)15)4-9(14)5-16-12/h4-6H,3,7H2,1-2H3,(H2,15,17). The van der Waals surface area contributed by atoms with Crippen molar-refractivity contribution in [2.75, 3.05) is 5.73 Å². The van der Waals surface area contributed by atoms with E-state index in [2.05, 4.69) is 22.0 Å². The molecule has 0 aliphatic heterocycles. The average molecular weight is 291 g/mol. The van der Waals surface area contributed by atoms with Gasteiger partial charge in [-0.3, -0.25) is 9.25 Å². The second-order valence-electron chi connectivity index (χ2n) is 4.68. The quantitative estimate of drug-likeness (QED) is 0.801. The number of aromatic nitrogens is 5. The van der Waals surface area contributed by atoms with E-state index in [0.717, 1.165) is 23.3 Å². The zero-order valence-corrected chi connectivity index (χ0v) is 12.1. The highest BCUT2D eigenvalue weighted by Crippen LogP contribution is 2.21. The summed E-state index contributed by atoms with van der Waals surface area (Å²) < 4.78 is 3.69. The molecule has 0 unspecified atom stereocenters. The van der Waals surface area contributed by atoms with Crippen molar-refractivity contribution in [3.8, 4) is 0 Å². The number of hydrogen-bond donors (Lipinski definition) is 1. The molecular formula is C13H15ClN6. The van der Waals surface area contributed by atoms with Crippen molar-refractivity contribution in [2.24, 2.45) is 7.05 Å². The summed E-state index contributed by atoms with van der Waals surface area (Å²) in [6, 6.07) is 1.76. The van der Waals surface area contributed by atoms with Crippen LogP contribution in [-0.4, -0.2) is 24.3 Å². The molecule has 0 aromatic carbocycles. The van der Waals surface area contributed by atoms with Crippen molar-refractivity contribution in [1.82, 2.24) is 24.3 Å². The summed E-state index contributed by atoms with van der Waals surface area (Å²) >= 11 is 5.93. The molecule has 0 amide bonds. The topological polar surface area (TPSA) is 74.5 Å². The normalized spacial score (nSPS) is 11.3. The largest absolute Gasteiger partial charge is 0.369 e. The second-order valence-corrected chi connectivity index (χ2v) is 5.12. The van der Waals surface area contributed by atoms with Gasteiger partial charge < -0.3 is 5.73 Å². The van der Waals surface area contributed by atoms with Gasteiger partial charge in [0.1, 0.15) is 5.52 Å². The van der Waals surface area contributed by atoms with E-state index in [4.69, 9.17) is 17.3 Å². The van der Waals surface area contributed by atoms with E-state index in [1.807, 2.05) is 22.5 Å². The van der Waals surface area contributed by atoms with Crippen LogP contribution in [0.25, 0.3) is 11.2 Å². The minimum Gasteiger partial charge on any atom is -0.369 e. The highest BCUT2D eigenvalue weighted by Gasteiger charge is 2.13. The number of halogens is 1. The third kappa shape index (κ3) is 2.12. The first kappa shape index (κ1) is 12.9. The second kappa shape index (κ2) is 4.79. The predicted molar refractivity (Wildman–Crippen MR) is 78.6 cm³/mol. The van der Waals surface area contributed by atoms with E-state index in [1.165, 1.54) is 0 Å². The van der Waals surface area contributed by atoms with Crippen LogP contribution in [0.5, 0.6) is 0 Å². The zero-order chi connectivity index (χ0) is 14.3. The Kier molecular flexibility index (Phi) is 3.10. The summed E-state index contributed by atoms with van der Waals surface area (Å²) in [7, 11) is 1.91. The van der Waals surface area contributed by atoms with E-state index in [9.17, 15) is 0 Å². The lowest BCUT2D eigenvalue weighted by molar-refractivity contribution is 0.746. The highest BCUT2D eigenvalue weighted by molar-refractivity contribution is 6.31. The van der Waals surface area contributed by atoms with E-state index in [0.29, 0.717) is 23.0 Å². The number of rotatable bonds is 3. The maximum absolute atomic E-state index is 5.99. The maximum atomic E-state index is 5.99. The molecule has 0 saturated carbocycles. The Balaban J connectivity index is 2.08. The van der Waals surface area contributed by atoms with Crippen LogP contribution in [0.3, 0.4) is 0 Å². The summed E-state index contributed by atoms with van der Waals surface area (Å²) in [4.78, 5) is 8.62. The molecule has 2 N–H and O–H groups in total. The molecule has 20 heavy (non-hydrogen) atoms. The van der Waals surface area contributed by atoms with Crippen LogP contribution in [0.2, 0.25) is 5.02 Å². The molecule has 0 saturated heterocycles. The van der Waals surface area contributed by atoms with Gasteiger partial charge in [-0.2, -0.15) is 5.10 Å². The maximum Gasteiger partial charge on any atom is 0.202 e. The molecule has 7 heteroatoms. The Morgan fingerprint density at radius 2 is 2.20 bits per heavy atom. The van der Waals surface area contributed by atoms with Crippen LogP contribution in [-0.2, 0) is 20.0 Å². The zero-order valence-electron chi connectivity index (χ0n) is 11.3. The van der Waals surface area contributed by atoms with Gasteiger partial charge in [0, 0.05) is 25.0 Å². The van der Waals surface area contributed by atoms with Crippen molar-refractivity contribution in [3.05, 3.63) is 34.7 Å². The van der Waals surface area contributed by atoms with E-state index in [1.54, 1.807) is 12.3 Å². The molecule has 3 rings (SSSR count). The predicted octanol–water partition coefficient (Wildman–Crippen LogP) is 2.01. The van der Waals surface area contributed by atoms with Crippen molar-refractivity contribution < 1.29 is 0 Å². The van der Waals surface area contributed by atoms with Gasteiger partial charge in [-0.05, 0) is 12.5 Å². The van der Waals surface area contributed by atoms with E-state index >= 15 is 0 Å². The number of aryl methyl sites for hydroxylation is 2.